The molecule has 0 aliphatic rings. The van der Waals surface area contributed by atoms with Gasteiger partial charge in [-0.2, -0.15) is 0 Å². The summed E-state index contributed by atoms with van der Waals surface area (Å²) in [5, 5.41) is 8.54. The van der Waals surface area contributed by atoms with Gasteiger partial charge in [-0.3, -0.25) is 9.59 Å². The first-order valence-electron chi connectivity index (χ1n) is 8.97. The van der Waals surface area contributed by atoms with E-state index in [0.29, 0.717) is 59.2 Å². The highest BCUT2D eigenvalue weighted by atomic mass is 16.5. The quantitative estimate of drug-likeness (QED) is 0.247. The fourth-order valence-corrected chi connectivity index (χ4v) is 2.04. The molecule has 0 bridgehead atoms. The lowest BCUT2D eigenvalue weighted by Crippen LogP contribution is -2.37. The maximum Gasteiger partial charge on any atom is 0.264 e. The van der Waals surface area contributed by atoms with E-state index < -0.39 is 5.91 Å². The van der Waals surface area contributed by atoms with E-state index in [1.807, 2.05) is 0 Å². The van der Waals surface area contributed by atoms with Crippen molar-refractivity contribution in [1.82, 2.24) is 4.90 Å². The number of amides is 2. The van der Waals surface area contributed by atoms with Crippen LogP contribution in [0.25, 0.3) is 0 Å². The van der Waals surface area contributed by atoms with Crippen LogP contribution < -0.4 is 5.73 Å². The molecular formula is C17H33N3O6. The van der Waals surface area contributed by atoms with Gasteiger partial charge in [0.05, 0.1) is 46.2 Å². The molecular weight excluding hydrogens is 342 g/mol. The highest BCUT2D eigenvalue weighted by Gasteiger charge is 2.16. The van der Waals surface area contributed by atoms with Crippen LogP contribution in [-0.2, 0) is 23.8 Å². The maximum absolute atomic E-state index is 12.2. The Labute approximate surface area is 155 Å². The topological polar surface area (TPSA) is 124 Å². The molecule has 0 aromatic rings. The first kappa shape index (κ1) is 24.6. The van der Waals surface area contributed by atoms with Crippen LogP contribution in [0.4, 0.5) is 0 Å². The molecule has 26 heavy (non-hydrogen) atoms. The van der Waals surface area contributed by atoms with Gasteiger partial charge in [0.25, 0.3) is 5.91 Å². The summed E-state index contributed by atoms with van der Waals surface area (Å²) in [6.07, 6.45) is 2.89. The van der Waals surface area contributed by atoms with Gasteiger partial charge in [0.15, 0.2) is 0 Å². The van der Waals surface area contributed by atoms with Crippen LogP contribution >= 0.6 is 0 Å². The van der Waals surface area contributed by atoms with Crippen LogP contribution in [0.3, 0.4) is 0 Å². The normalized spacial score (nSPS) is 10.7. The summed E-state index contributed by atoms with van der Waals surface area (Å²) in [4.78, 5) is 28.5. The SMILES string of the molecule is C=NC(=O)CN(CCOCCOCCOCCO)C(=O)CCCCCN. The number of unbranched alkanes of at least 4 members (excludes halogenated alkanes) is 2. The van der Waals surface area contributed by atoms with E-state index in [1.165, 1.54) is 4.90 Å². The average Bonchev–Trinajstić information content (AvgIpc) is 2.65. The van der Waals surface area contributed by atoms with Gasteiger partial charge in [-0.15, -0.1) is 0 Å². The molecule has 0 rings (SSSR count). The molecule has 0 aromatic carbocycles. The predicted molar refractivity (Wildman–Crippen MR) is 98.2 cm³/mol. The van der Waals surface area contributed by atoms with E-state index >= 15 is 0 Å². The molecule has 0 heterocycles. The molecule has 9 nitrogen and oxygen atoms in total. The van der Waals surface area contributed by atoms with E-state index in [-0.39, 0.29) is 19.1 Å². The summed E-state index contributed by atoms with van der Waals surface area (Å²) in [7, 11) is 0. The van der Waals surface area contributed by atoms with Gasteiger partial charge in [-0.05, 0) is 26.1 Å². The molecule has 152 valence electrons. The van der Waals surface area contributed by atoms with Crippen molar-refractivity contribution in [1.29, 1.82) is 0 Å². The highest BCUT2D eigenvalue weighted by Crippen LogP contribution is 2.04. The van der Waals surface area contributed by atoms with Crippen molar-refractivity contribution >= 4 is 18.5 Å². The van der Waals surface area contributed by atoms with E-state index in [9.17, 15) is 9.59 Å². The number of ether oxygens (including phenoxy) is 3. The fourth-order valence-electron chi connectivity index (χ4n) is 2.04. The molecule has 0 fully saturated rings. The van der Waals surface area contributed by atoms with Crippen molar-refractivity contribution in [3.8, 4) is 0 Å². The Hall–Kier alpha value is -1.39. The summed E-state index contributed by atoms with van der Waals surface area (Å²) in [5.74, 6) is -0.536. The monoisotopic (exact) mass is 375 g/mol. The number of aliphatic hydroxyl groups excluding tert-OH is 1. The summed E-state index contributed by atoms with van der Waals surface area (Å²) in [5.41, 5.74) is 5.43. The molecule has 0 spiro atoms. The fraction of sp³-hybridized carbons (Fsp3) is 0.824. The maximum atomic E-state index is 12.2. The molecule has 3 N–H and O–H groups in total. The second-order valence-corrected chi connectivity index (χ2v) is 5.53. The molecule has 0 saturated heterocycles. The number of hydrogen-bond acceptors (Lipinski definition) is 7. The number of nitrogens with two attached hydrogens (primary N) is 1. The Kier molecular flexibility index (Phi) is 17.4. The minimum atomic E-state index is -0.438. The lowest BCUT2D eigenvalue weighted by Gasteiger charge is -2.21. The van der Waals surface area contributed by atoms with Gasteiger partial charge in [-0.25, -0.2) is 4.99 Å². The number of nitrogens with zero attached hydrogens (tertiary/aromatic N) is 2. The summed E-state index contributed by atoms with van der Waals surface area (Å²) >= 11 is 0. The molecule has 9 heteroatoms. The molecule has 0 aliphatic heterocycles. The van der Waals surface area contributed by atoms with Crippen molar-refractivity contribution < 1.29 is 28.9 Å². The van der Waals surface area contributed by atoms with Gasteiger partial charge >= 0.3 is 0 Å². The Morgan fingerprint density at radius 1 is 0.962 bits per heavy atom. The van der Waals surface area contributed by atoms with Crippen molar-refractivity contribution in [3.63, 3.8) is 0 Å². The third-order valence-electron chi connectivity index (χ3n) is 3.44. The van der Waals surface area contributed by atoms with Crippen molar-refractivity contribution in [2.45, 2.75) is 25.7 Å². The largest absolute Gasteiger partial charge is 0.394 e. The molecule has 0 saturated carbocycles. The first-order chi connectivity index (χ1) is 12.7. The summed E-state index contributed by atoms with van der Waals surface area (Å²) in [6, 6.07) is 0. The third-order valence-corrected chi connectivity index (χ3v) is 3.44. The van der Waals surface area contributed by atoms with E-state index in [0.717, 1.165) is 19.3 Å². The Morgan fingerprint density at radius 2 is 1.58 bits per heavy atom. The van der Waals surface area contributed by atoms with Crippen LogP contribution in [0.5, 0.6) is 0 Å². The number of hydrogen-bond donors (Lipinski definition) is 2. The number of rotatable bonds is 18. The van der Waals surface area contributed by atoms with E-state index in [1.54, 1.807) is 0 Å². The number of aliphatic imine (C=N–C) groups is 1. The van der Waals surface area contributed by atoms with E-state index in [4.69, 9.17) is 25.1 Å². The highest BCUT2D eigenvalue weighted by molar-refractivity contribution is 5.87. The van der Waals surface area contributed by atoms with Gasteiger partial charge < -0.3 is 30.0 Å². The Balaban J connectivity index is 3.91. The summed E-state index contributed by atoms with van der Waals surface area (Å²) < 4.78 is 15.8. The molecule has 0 unspecified atom stereocenters. The molecule has 0 atom stereocenters. The zero-order valence-electron chi connectivity index (χ0n) is 15.6. The first-order valence-corrected chi connectivity index (χ1v) is 8.97. The van der Waals surface area contributed by atoms with Gasteiger partial charge in [-0.1, -0.05) is 6.42 Å². The van der Waals surface area contributed by atoms with Gasteiger partial charge in [0.2, 0.25) is 5.91 Å². The number of carbonyl (C=O) groups excluding carboxylic acids is 2. The predicted octanol–water partition coefficient (Wildman–Crippen LogP) is -0.397. The van der Waals surface area contributed by atoms with Gasteiger partial charge in [0.1, 0.15) is 6.54 Å². The third kappa shape index (κ3) is 14.9. The minimum absolute atomic E-state index is 0.00473. The molecule has 0 radical (unpaired) electrons. The Bertz CT molecular complexity index is 382. The van der Waals surface area contributed by atoms with Crippen LogP contribution in [0.2, 0.25) is 0 Å². The smallest absolute Gasteiger partial charge is 0.264 e. The number of carbonyl (C=O) groups is 2. The Morgan fingerprint density at radius 3 is 2.15 bits per heavy atom. The standard InChI is InChI=1S/C17H33N3O6/c1-19-16(22)15-20(17(23)5-3-2-4-6-18)7-9-24-11-13-26-14-12-25-10-8-21/h21H,1-15,18H2. The lowest BCUT2D eigenvalue weighted by molar-refractivity contribution is -0.136. The van der Waals surface area contributed by atoms with Crippen molar-refractivity contribution in [2.75, 3.05) is 65.9 Å². The average molecular weight is 375 g/mol. The molecule has 2 amide bonds. The van der Waals surface area contributed by atoms with Crippen LogP contribution in [0.15, 0.2) is 4.99 Å². The molecule has 0 aromatic heterocycles. The van der Waals surface area contributed by atoms with Crippen LogP contribution in [0, 0.1) is 0 Å². The van der Waals surface area contributed by atoms with E-state index in [2.05, 4.69) is 11.7 Å². The summed E-state index contributed by atoms with van der Waals surface area (Å²) in [6.45, 7) is 6.28. The number of aliphatic hydroxyl groups is 1. The minimum Gasteiger partial charge on any atom is -0.394 e. The second kappa shape index (κ2) is 18.4. The lowest BCUT2D eigenvalue weighted by atomic mass is 10.2. The second-order valence-electron chi connectivity index (χ2n) is 5.53. The zero-order valence-corrected chi connectivity index (χ0v) is 15.6. The molecule has 0 aliphatic carbocycles. The van der Waals surface area contributed by atoms with Crippen molar-refractivity contribution in [2.24, 2.45) is 10.7 Å². The zero-order chi connectivity index (χ0) is 19.5. The van der Waals surface area contributed by atoms with Crippen LogP contribution in [-0.4, -0.2) is 94.4 Å². The van der Waals surface area contributed by atoms with Crippen molar-refractivity contribution in [3.05, 3.63) is 0 Å². The van der Waals surface area contributed by atoms with Gasteiger partial charge in [0, 0.05) is 13.0 Å². The van der Waals surface area contributed by atoms with Crippen LogP contribution in [0.1, 0.15) is 25.7 Å².